The van der Waals surface area contributed by atoms with Crippen molar-refractivity contribution in [2.24, 2.45) is 0 Å². The van der Waals surface area contributed by atoms with Crippen LogP contribution in [-0.2, 0) is 9.59 Å². The van der Waals surface area contributed by atoms with Crippen molar-refractivity contribution < 1.29 is 14.7 Å². The number of ketones is 1. The number of unbranched alkanes of at least 4 members (excludes halogenated alkanes) is 3. The molecule has 0 saturated carbocycles. The molecule has 0 aromatic rings. The van der Waals surface area contributed by atoms with Crippen LogP contribution in [0.5, 0.6) is 0 Å². The number of carboxylic acids is 1. The molecule has 0 aliphatic heterocycles. The Morgan fingerprint density at radius 2 is 2.00 bits per heavy atom. The highest BCUT2D eigenvalue weighted by molar-refractivity contribution is 5.95. The summed E-state index contributed by atoms with van der Waals surface area (Å²) in [6.07, 6.45) is 9.72. The molecular weight excluding hydrogens is 204 g/mol. The number of aliphatic carboxylic acids is 1. The van der Waals surface area contributed by atoms with Gasteiger partial charge in [0.2, 0.25) is 0 Å². The van der Waals surface area contributed by atoms with Gasteiger partial charge in [0.15, 0.2) is 5.78 Å². The molecule has 1 rings (SSSR count). The first kappa shape index (κ1) is 12.9. The summed E-state index contributed by atoms with van der Waals surface area (Å²) in [5.41, 5.74) is 1.00. The smallest absolute Gasteiger partial charge is 0.303 e. The summed E-state index contributed by atoms with van der Waals surface area (Å²) in [4.78, 5) is 21.7. The molecule has 0 amide bonds. The fourth-order valence-electron chi connectivity index (χ4n) is 2.00. The van der Waals surface area contributed by atoms with Crippen LogP contribution >= 0.6 is 0 Å². The fourth-order valence-corrected chi connectivity index (χ4v) is 2.00. The fraction of sp³-hybridized carbons (Fsp3) is 0.692. The van der Waals surface area contributed by atoms with Crippen molar-refractivity contribution in [2.75, 3.05) is 0 Å². The maximum Gasteiger partial charge on any atom is 0.303 e. The van der Waals surface area contributed by atoms with E-state index in [9.17, 15) is 9.59 Å². The van der Waals surface area contributed by atoms with Crippen LogP contribution < -0.4 is 0 Å². The quantitative estimate of drug-likeness (QED) is 0.676. The molecule has 0 radical (unpaired) electrons. The van der Waals surface area contributed by atoms with E-state index in [0.29, 0.717) is 12.2 Å². The largest absolute Gasteiger partial charge is 0.481 e. The molecule has 3 nitrogen and oxygen atoms in total. The molecule has 1 aliphatic rings. The summed E-state index contributed by atoms with van der Waals surface area (Å²) in [6.45, 7) is 0. The molecule has 0 atom stereocenters. The van der Waals surface area contributed by atoms with Crippen molar-refractivity contribution in [3.63, 3.8) is 0 Å². The second kappa shape index (κ2) is 7.20. The Morgan fingerprint density at radius 3 is 2.69 bits per heavy atom. The van der Waals surface area contributed by atoms with Gasteiger partial charge in [0.1, 0.15) is 0 Å². The molecular formula is C13H20O3. The molecule has 0 aromatic carbocycles. The lowest BCUT2D eigenvalue weighted by Gasteiger charge is -2.11. The van der Waals surface area contributed by atoms with Gasteiger partial charge in [-0.05, 0) is 37.7 Å². The molecule has 0 fully saturated rings. The van der Waals surface area contributed by atoms with Crippen molar-refractivity contribution in [1.82, 2.24) is 0 Å². The van der Waals surface area contributed by atoms with Crippen LogP contribution in [0.3, 0.4) is 0 Å². The third-order valence-corrected chi connectivity index (χ3v) is 2.94. The van der Waals surface area contributed by atoms with E-state index in [1.165, 1.54) is 0 Å². The first-order valence-corrected chi connectivity index (χ1v) is 6.14. The number of rotatable bonds is 7. The summed E-state index contributed by atoms with van der Waals surface area (Å²) >= 11 is 0. The van der Waals surface area contributed by atoms with Gasteiger partial charge in [-0.25, -0.2) is 0 Å². The second-order valence-electron chi connectivity index (χ2n) is 4.35. The van der Waals surface area contributed by atoms with Crippen LogP contribution in [0.25, 0.3) is 0 Å². The lowest BCUT2D eigenvalue weighted by molar-refractivity contribution is -0.137. The van der Waals surface area contributed by atoms with Crippen LogP contribution in [0.4, 0.5) is 0 Å². The van der Waals surface area contributed by atoms with Gasteiger partial charge in [-0.15, -0.1) is 0 Å². The third-order valence-electron chi connectivity index (χ3n) is 2.94. The molecule has 90 valence electrons. The zero-order chi connectivity index (χ0) is 11.8. The normalized spacial score (nSPS) is 16.0. The highest BCUT2D eigenvalue weighted by atomic mass is 16.4. The van der Waals surface area contributed by atoms with Crippen LogP contribution in [0.2, 0.25) is 0 Å². The van der Waals surface area contributed by atoms with E-state index in [-0.39, 0.29) is 6.42 Å². The SMILES string of the molecule is O=C(O)CCCCCCC1=CCCCC1=O. The zero-order valence-corrected chi connectivity index (χ0v) is 9.71. The highest BCUT2D eigenvalue weighted by Gasteiger charge is 2.12. The van der Waals surface area contributed by atoms with Crippen LogP contribution in [0.15, 0.2) is 11.6 Å². The number of hydrogen-bond acceptors (Lipinski definition) is 2. The number of Topliss-reactive ketones (excluding diaryl/α,β-unsaturated/α-hetero) is 1. The first-order chi connectivity index (χ1) is 7.70. The highest BCUT2D eigenvalue weighted by Crippen LogP contribution is 2.19. The minimum Gasteiger partial charge on any atom is -0.481 e. The molecule has 1 N–H and O–H groups in total. The van der Waals surface area contributed by atoms with Crippen molar-refractivity contribution in [3.8, 4) is 0 Å². The van der Waals surface area contributed by atoms with Crippen molar-refractivity contribution in [1.29, 1.82) is 0 Å². The number of hydrogen-bond donors (Lipinski definition) is 1. The predicted octanol–water partition coefficient (Wildman–Crippen LogP) is 3.09. The number of allylic oxidation sites excluding steroid dienone is 2. The standard InChI is InChI=1S/C13H20O3/c14-12-9-6-5-8-11(12)7-3-1-2-4-10-13(15)16/h8H,1-7,9-10H2,(H,15,16). The summed E-state index contributed by atoms with van der Waals surface area (Å²) in [5.74, 6) is -0.401. The van der Waals surface area contributed by atoms with Crippen LogP contribution in [0, 0.1) is 0 Å². The minimum atomic E-state index is -0.717. The van der Waals surface area contributed by atoms with Crippen molar-refractivity contribution in [2.45, 2.75) is 57.8 Å². The second-order valence-corrected chi connectivity index (χ2v) is 4.35. The van der Waals surface area contributed by atoms with Gasteiger partial charge in [-0.1, -0.05) is 18.9 Å². The third kappa shape index (κ3) is 5.10. The Balaban J connectivity index is 2.04. The summed E-state index contributed by atoms with van der Waals surface area (Å²) in [7, 11) is 0. The van der Waals surface area contributed by atoms with Gasteiger partial charge in [0.25, 0.3) is 0 Å². The van der Waals surface area contributed by atoms with Crippen LogP contribution in [-0.4, -0.2) is 16.9 Å². The van der Waals surface area contributed by atoms with Crippen LogP contribution in [0.1, 0.15) is 57.8 Å². The summed E-state index contributed by atoms with van der Waals surface area (Å²) < 4.78 is 0. The number of carboxylic acid groups (broad SMARTS) is 1. The Labute approximate surface area is 96.5 Å². The van der Waals surface area contributed by atoms with Gasteiger partial charge in [-0.3, -0.25) is 9.59 Å². The van der Waals surface area contributed by atoms with Gasteiger partial charge >= 0.3 is 5.97 Å². The van der Waals surface area contributed by atoms with E-state index in [1.54, 1.807) is 0 Å². The van der Waals surface area contributed by atoms with E-state index in [1.807, 2.05) is 0 Å². The van der Waals surface area contributed by atoms with Crippen molar-refractivity contribution >= 4 is 11.8 Å². The van der Waals surface area contributed by atoms with E-state index in [4.69, 9.17) is 5.11 Å². The molecule has 0 heterocycles. The summed E-state index contributed by atoms with van der Waals surface area (Å²) in [6, 6.07) is 0. The number of carbonyl (C=O) groups excluding carboxylic acids is 1. The topological polar surface area (TPSA) is 54.4 Å². The molecule has 0 bridgehead atoms. The lowest BCUT2D eigenvalue weighted by Crippen LogP contribution is -2.06. The van der Waals surface area contributed by atoms with Gasteiger partial charge in [0, 0.05) is 12.8 Å². The van der Waals surface area contributed by atoms with E-state index < -0.39 is 5.97 Å². The molecule has 1 aliphatic carbocycles. The average molecular weight is 224 g/mol. The molecule has 3 heteroatoms. The summed E-state index contributed by atoms with van der Waals surface area (Å²) in [5, 5.41) is 8.45. The Morgan fingerprint density at radius 1 is 1.25 bits per heavy atom. The molecule has 0 unspecified atom stereocenters. The van der Waals surface area contributed by atoms with E-state index in [2.05, 4.69) is 6.08 Å². The van der Waals surface area contributed by atoms with E-state index >= 15 is 0 Å². The van der Waals surface area contributed by atoms with Crippen molar-refractivity contribution in [3.05, 3.63) is 11.6 Å². The molecule has 0 spiro atoms. The maximum atomic E-state index is 11.5. The van der Waals surface area contributed by atoms with Gasteiger partial charge in [-0.2, -0.15) is 0 Å². The zero-order valence-electron chi connectivity index (χ0n) is 9.71. The number of carbonyl (C=O) groups is 2. The van der Waals surface area contributed by atoms with E-state index in [0.717, 1.165) is 50.5 Å². The average Bonchev–Trinajstić information content (AvgIpc) is 2.25. The monoisotopic (exact) mass is 224 g/mol. The molecule has 0 saturated heterocycles. The first-order valence-electron chi connectivity index (χ1n) is 6.14. The molecule has 0 aromatic heterocycles. The minimum absolute atomic E-state index is 0.266. The Hall–Kier alpha value is -1.12. The maximum absolute atomic E-state index is 11.5. The van der Waals surface area contributed by atoms with Gasteiger partial charge < -0.3 is 5.11 Å². The Bertz CT molecular complexity index is 279. The Kier molecular flexibility index (Phi) is 5.83. The predicted molar refractivity (Wildman–Crippen MR) is 62.3 cm³/mol. The molecule has 16 heavy (non-hydrogen) atoms. The van der Waals surface area contributed by atoms with Gasteiger partial charge in [0.05, 0.1) is 0 Å². The lowest BCUT2D eigenvalue weighted by atomic mass is 9.94.